The van der Waals surface area contributed by atoms with Crippen LogP contribution in [-0.2, 0) is 0 Å². The molecular weight excluding hydrogens is 504 g/mol. The number of hydrogen-bond donors (Lipinski definition) is 0. The second kappa shape index (κ2) is 9.70. The van der Waals surface area contributed by atoms with E-state index in [0.29, 0.717) is 33.5 Å². The molecule has 0 aliphatic rings. The fraction of sp³-hybridized carbons (Fsp3) is 0.194. The molecule has 0 N–H and O–H groups in total. The van der Waals surface area contributed by atoms with Crippen molar-refractivity contribution in [3.63, 3.8) is 0 Å². The lowest BCUT2D eigenvalue weighted by atomic mass is 9.88. The normalized spacial score (nSPS) is 13.4. The predicted octanol–water partition coefficient (Wildman–Crippen LogP) is 9.60. The zero-order valence-electron chi connectivity index (χ0n) is 26.5. The summed E-state index contributed by atoms with van der Waals surface area (Å²) in [6, 6.07) is 24.1. The highest BCUT2D eigenvalue weighted by atomic mass is 16.3. The Labute approximate surface area is 243 Å². The molecule has 5 heteroatoms. The van der Waals surface area contributed by atoms with E-state index in [0.717, 1.165) is 22.3 Å². The third kappa shape index (κ3) is 4.03. The summed E-state index contributed by atoms with van der Waals surface area (Å²) in [6.45, 7) is 6.51. The number of aromatic nitrogens is 4. The van der Waals surface area contributed by atoms with Crippen LogP contribution in [0.15, 0.2) is 95.8 Å². The van der Waals surface area contributed by atoms with Gasteiger partial charge in [0.15, 0.2) is 0 Å². The Kier molecular flexibility index (Phi) is 5.20. The molecule has 0 spiro atoms. The van der Waals surface area contributed by atoms with E-state index in [4.69, 9.17) is 13.5 Å². The third-order valence-corrected chi connectivity index (χ3v) is 7.84. The number of pyridine rings is 2. The van der Waals surface area contributed by atoms with E-state index in [2.05, 4.69) is 78.6 Å². The number of aryl methyl sites for hydroxylation is 1. The van der Waals surface area contributed by atoms with Gasteiger partial charge in [0.25, 0.3) is 0 Å². The Balaban J connectivity index is 1.61. The van der Waals surface area contributed by atoms with E-state index in [1.807, 2.05) is 30.5 Å². The van der Waals surface area contributed by atoms with Crippen molar-refractivity contribution in [2.45, 2.75) is 46.4 Å². The highest BCUT2D eigenvalue weighted by Crippen LogP contribution is 2.42. The Morgan fingerprint density at radius 2 is 1.61 bits per heavy atom. The minimum atomic E-state index is -2.34. The van der Waals surface area contributed by atoms with Crippen LogP contribution in [0.5, 0.6) is 0 Å². The topological polar surface area (TPSA) is 56.7 Å². The lowest BCUT2D eigenvalue weighted by Gasteiger charge is -2.24. The summed E-state index contributed by atoms with van der Waals surface area (Å²) in [5, 5.41) is 1.20. The number of fused-ring (bicyclic) bond motifs is 4. The Morgan fingerprint density at radius 1 is 0.829 bits per heavy atom. The number of nitrogens with zero attached hydrogens (tertiary/aromatic N) is 4. The summed E-state index contributed by atoms with van der Waals surface area (Å²) in [4.78, 5) is 14.1. The molecule has 0 saturated carbocycles. The molecule has 0 amide bonds. The van der Waals surface area contributed by atoms with Gasteiger partial charge in [-0.2, -0.15) is 0 Å². The Hall–Kier alpha value is -4.77. The number of benzene rings is 3. The van der Waals surface area contributed by atoms with Gasteiger partial charge in [-0.15, -0.1) is 0 Å². The maximum atomic E-state index is 8.29. The minimum Gasteiger partial charge on any atom is -0.437 e. The molecule has 4 aromatic heterocycles. The van der Waals surface area contributed by atoms with Crippen molar-refractivity contribution in [3.8, 4) is 28.2 Å². The average molecular weight is 540 g/mol. The van der Waals surface area contributed by atoms with Crippen molar-refractivity contribution in [1.82, 2.24) is 19.5 Å². The first-order valence-corrected chi connectivity index (χ1v) is 14.0. The van der Waals surface area contributed by atoms with Crippen LogP contribution in [0.3, 0.4) is 0 Å². The van der Waals surface area contributed by atoms with Gasteiger partial charge in [-0.05, 0) is 82.9 Å². The van der Waals surface area contributed by atoms with Gasteiger partial charge >= 0.3 is 0 Å². The Bertz CT molecular complexity index is 2150. The van der Waals surface area contributed by atoms with Gasteiger partial charge in [0.05, 0.1) is 28.5 Å². The molecule has 7 aromatic rings. The van der Waals surface area contributed by atoms with Crippen molar-refractivity contribution in [2.24, 2.45) is 0 Å². The molecule has 4 heterocycles. The van der Waals surface area contributed by atoms with Crippen LogP contribution < -0.4 is 0 Å². The molecule has 0 bridgehead atoms. The summed E-state index contributed by atoms with van der Waals surface area (Å²) in [7, 11) is 0. The lowest BCUT2D eigenvalue weighted by Crippen LogP contribution is -2.09. The van der Waals surface area contributed by atoms with Crippen LogP contribution in [0.4, 0.5) is 0 Å². The van der Waals surface area contributed by atoms with Gasteiger partial charge < -0.3 is 4.42 Å². The van der Waals surface area contributed by atoms with E-state index < -0.39 is 6.85 Å². The number of rotatable bonds is 5. The van der Waals surface area contributed by atoms with E-state index in [1.54, 1.807) is 24.5 Å². The monoisotopic (exact) mass is 539 g/mol. The molecule has 202 valence electrons. The molecule has 3 aromatic carbocycles. The molecule has 0 atom stereocenters. The van der Waals surface area contributed by atoms with Gasteiger partial charge in [0, 0.05) is 27.3 Å². The van der Waals surface area contributed by atoms with Crippen LogP contribution in [0, 0.1) is 6.85 Å². The number of imidazole rings is 1. The predicted molar refractivity (Wildman–Crippen MR) is 168 cm³/mol. The summed E-state index contributed by atoms with van der Waals surface area (Å²) in [6.07, 6.45) is 5.24. The first-order chi connectivity index (χ1) is 21.1. The Morgan fingerprint density at radius 3 is 2.34 bits per heavy atom. The van der Waals surface area contributed by atoms with E-state index in [9.17, 15) is 0 Å². The van der Waals surface area contributed by atoms with Crippen molar-refractivity contribution in [1.29, 1.82) is 0 Å². The molecule has 0 saturated heterocycles. The summed E-state index contributed by atoms with van der Waals surface area (Å²) < 4.78 is 33.4. The zero-order valence-corrected chi connectivity index (χ0v) is 23.5. The highest BCUT2D eigenvalue weighted by molar-refractivity contribution is 6.10. The number of hydrogen-bond acceptors (Lipinski definition) is 4. The van der Waals surface area contributed by atoms with E-state index >= 15 is 0 Å². The molecule has 0 fully saturated rings. The van der Waals surface area contributed by atoms with Crippen molar-refractivity contribution in [3.05, 3.63) is 108 Å². The summed E-state index contributed by atoms with van der Waals surface area (Å²) >= 11 is 0. The standard InChI is InChI=1S/C36H32N4O/c1-21(2)28-18-25(24-10-7-6-8-11-24)19-29(22(3)4)33(28)40-31-20-37-17-15-30(31)39-35(40)27-14-13-23(5)32-26-12-9-16-38-36(26)41-34(27)32/h6-22H,1-5H3/i5D3. The molecule has 0 unspecified atom stereocenters. The molecule has 0 aliphatic heterocycles. The minimum absolute atomic E-state index is 0.196. The average Bonchev–Trinajstić information content (AvgIpc) is 3.59. The lowest BCUT2D eigenvalue weighted by molar-refractivity contribution is 0.654. The van der Waals surface area contributed by atoms with Crippen LogP contribution in [0.2, 0.25) is 0 Å². The quantitative estimate of drug-likeness (QED) is 0.218. The largest absolute Gasteiger partial charge is 0.437 e. The van der Waals surface area contributed by atoms with Gasteiger partial charge in [0.2, 0.25) is 5.71 Å². The van der Waals surface area contributed by atoms with Gasteiger partial charge in [0.1, 0.15) is 11.4 Å². The summed E-state index contributed by atoms with van der Waals surface area (Å²) in [5.41, 5.74) is 9.16. The first-order valence-electron chi connectivity index (χ1n) is 15.5. The van der Waals surface area contributed by atoms with Crippen molar-refractivity contribution >= 4 is 33.1 Å². The smallest absolute Gasteiger partial charge is 0.227 e. The second-order valence-corrected chi connectivity index (χ2v) is 11.1. The fourth-order valence-corrected chi connectivity index (χ4v) is 5.84. The summed E-state index contributed by atoms with van der Waals surface area (Å²) in [5.74, 6) is 1.05. The zero-order chi connectivity index (χ0) is 30.7. The highest BCUT2D eigenvalue weighted by Gasteiger charge is 2.26. The van der Waals surface area contributed by atoms with Crippen molar-refractivity contribution < 1.29 is 8.53 Å². The molecular formula is C36H32N4O. The molecule has 0 aliphatic carbocycles. The van der Waals surface area contributed by atoms with Crippen LogP contribution in [0.25, 0.3) is 61.3 Å². The van der Waals surface area contributed by atoms with Gasteiger partial charge in [-0.25, -0.2) is 9.97 Å². The maximum absolute atomic E-state index is 8.29. The van der Waals surface area contributed by atoms with Gasteiger partial charge in [-0.1, -0.05) is 64.1 Å². The van der Waals surface area contributed by atoms with Crippen LogP contribution >= 0.6 is 0 Å². The fourth-order valence-electron chi connectivity index (χ4n) is 5.84. The third-order valence-electron chi connectivity index (χ3n) is 7.84. The number of furan rings is 1. The van der Waals surface area contributed by atoms with Crippen LogP contribution in [0.1, 0.15) is 60.3 Å². The van der Waals surface area contributed by atoms with E-state index in [-0.39, 0.29) is 17.4 Å². The van der Waals surface area contributed by atoms with Crippen LogP contribution in [-0.4, -0.2) is 19.5 Å². The van der Waals surface area contributed by atoms with Crippen molar-refractivity contribution in [2.75, 3.05) is 0 Å². The van der Waals surface area contributed by atoms with Gasteiger partial charge in [-0.3, -0.25) is 9.55 Å². The first kappa shape index (κ1) is 22.0. The second-order valence-electron chi connectivity index (χ2n) is 11.1. The molecule has 41 heavy (non-hydrogen) atoms. The van der Waals surface area contributed by atoms with E-state index in [1.165, 1.54) is 16.7 Å². The SMILES string of the molecule is [2H]C([2H])([2H])c1ccc(-c2nc3ccncc3n2-c2c(C(C)C)cc(-c3ccccc3)cc2C(C)C)c2oc3ncccc3c12. The molecule has 5 nitrogen and oxygen atoms in total. The molecule has 7 rings (SSSR count). The maximum Gasteiger partial charge on any atom is 0.227 e. The molecule has 0 radical (unpaired) electrons.